The minimum atomic E-state index is -1.45. The van der Waals surface area contributed by atoms with Crippen molar-refractivity contribution in [1.82, 2.24) is 4.90 Å². The highest BCUT2D eigenvalue weighted by atomic mass is 16.7. The van der Waals surface area contributed by atoms with Crippen molar-refractivity contribution in [3.05, 3.63) is 82.9 Å². The number of ketones is 1. The molecule has 0 saturated carbocycles. The van der Waals surface area contributed by atoms with Crippen LogP contribution in [0.5, 0.6) is 11.5 Å². The van der Waals surface area contributed by atoms with E-state index in [4.69, 9.17) is 9.47 Å². The SMILES string of the molecule is Cc1cccc2c1NC(=O)C21N2CCCC2C(C(=O)c2ccc3c(c2)OCO3)C12C(=O)Nc1ccccc12. The van der Waals surface area contributed by atoms with E-state index in [1.807, 2.05) is 49.4 Å². The molecule has 5 heterocycles. The topological polar surface area (TPSA) is 97.0 Å². The summed E-state index contributed by atoms with van der Waals surface area (Å²) in [5.74, 6) is -0.413. The van der Waals surface area contributed by atoms with Gasteiger partial charge in [-0.3, -0.25) is 19.3 Å². The lowest BCUT2D eigenvalue weighted by Gasteiger charge is -2.43. The second kappa shape index (κ2) is 7.23. The lowest BCUT2D eigenvalue weighted by Crippen LogP contribution is -2.62. The number of para-hydroxylation sites is 2. The van der Waals surface area contributed by atoms with Gasteiger partial charge >= 0.3 is 0 Å². The van der Waals surface area contributed by atoms with Gasteiger partial charge in [0.25, 0.3) is 5.91 Å². The van der Waals surface area contributed by atoms with Crippen LogP contribution in [-0.4, -0.2) is 41.9 Å². The summed E-state index contributed by atoms with van der Waals surface area (Å²) in [6.45, 7) is 2.68. The molecule has 2 spiro atoms. The molecule has 2 amide bonds. The van der Waals surface area contributed by atoms with Gasteiger partial charge < -0.3 is 20.1 Å². The smallest absolute Gasteiger partial charge is 0.251 e. The van der Waals surface area contributed by atoms with Crippen LogP contribution < -0.4 is 20.1 Å². The molecule has 38 heavy (non-hydrogen) atoms. The minimum absolute atomic E-state index is 0.103. The number of rotatable bonds is 2. The number of nitrogens with one attached hydrogen (secondary N) is 2. The maximum absolute atomic E-state index is 14.7. The number of amides is 2. The molecule has 5 aliphatic rings. The minimum Gasteiger partial charge on any atom is -0.454 e. The van der Waals surface area contributed by atoms with Gasteiger partial charge in [0, 0.05) is 28.5 Å². The van der Waals surface area contributed by atoms with Crippen LogP contribution in [-0.2, 0) is 20.5 Å². The fraction of sp³-hybridized carbons (Fsp3) is 0.300. The monoisotopic (exact) mass is 507 g/mol. The molecule has 4 unspecified atom stereocenters. The molecule has 4 atom stereocenters. The van der Waals surface area contributed by atoms with Crippen LogP contribution in [0.3, 0.4) is 0 Å². The normalized spacial score (nSPS) is 29.9. The summed E-state index contributed by atoms with van der Waals surface area (Å²) in [6, 6.07) is 18.2. The number of hydrogen-bond donors (Lipinski definition) is 2. The van der Waals surface area contributed by atoms with Crippen LogP contribution in [0.15, 0.2) is 60.7 Å². The third-order valence-electron chi connectivity index (χ3n) is 9.28. The van der Waals surface area contributed by atoms with E-state index in [1.165, 1.54) is 0 Å². The Labute approximate surface area is 218 Å². The first-order valence-electron chi connectivity index (χ1n) is 13.0. The number of carbonyl (C=O) groups is 3. The first-order chi connectivity index (χ1) is 18.5. The number of Topliss-reactive ketones (excluding diaryl/α,β-unsaturated/α-hetero) is 1. The Balaban J connectivity index is 1.45. The van der Waals surface area contributed by atoms with Gasteiger partial charge in [-0.25, -0.2) is 0 Å². The molecule has 8 nitrogen and oxygen atoms in total. The molecule has 3 aromatic carbocycles. The van der Waals surface area contributed by atoms with Gasteiger partial charge in [0.2, 0.25) is 12.7 Å². The van der Waals surface area contributed by atoms with E-state index in [0.717, 1.165) is 23.2 Å². The highest BCUT2D eigenvalue weighted by Gasteiger charge is 2.81. The van der Waals surface area contributed by atoms with Crippen LogP contribution >= 0.6 is 0 Å². The predicted molar refractivity (Wildman–Crippen MR) is 138 cm³/mol. The number of ether oxygens (including phenoxy) is 2. The molecule has 2 N–H and O–H groups in total. The number of benzene rings is 3. The number of fused-ring (bicyclic) bond motifs is 8. The standard InChI is InChI=1S/C30H25N3O5/c1-16-6-4-8-19-25(16)32-28(36)30(19)29(18-7-2-3-9-20(18)31-27(29)35)24(21-10-5-13-33(21)30)26(34)17-11-12-22-23(14-17)38-15-37-22/h2-4,6-9,11-12,14,21,24H,5,10,13,15H2,1H3,(H,31,35)(H,32,36). The molecular formula is C30H25N3O5. The Bertz CT molecular complexity index is 1600. The zero-order valence-corrected chi connectivity index (χ0v) is 20.7. The lowest BCUT2D eigenvalue weighted by molar-refractivity contribution is -0.137. The Kier molecular flexibility index (Phi) is 4.16. The number of carbonyl (C=O) groups excluding carboxylic acids is 3. The highest BCUT2D eigenvalue weighted by Crippen LogP contribution is 2.68. The van der Waals surface area contributed by atoms with Crippen molar-refractivity contribution in [1.29, 1.82) is 0 Å². The second-order valence-electron chi connectivity index (χ2n) is 10.8. The van der Waals surface area contributed by atoms with Gasteiger partial charge in [-0.05, 0) is 61.7 Å². The van der Waals surface area contributed by atoms with E-state index in [9.17, 15) is 14.4 Å². The van der Waals surface area contributed by atoms with Gasteiger partial charge in [0.15, 0.2) is 17.3 Å². The van der Waals surface area contributed by atoms with Crippen LogP contribution in [0.1, 0.15) is 39.9 Å². The molecule has 0 radical (unpaired) electrons. The van der Waals surface area contributed by atoms with E-state index in [2.05, 4.69) is 15.5 Å². The Hall–Kier alpha value is -4.17. The maximum atomic E-state index is 14.7. The molecule has 2 saturated heterocycles. The van der Waals surface area contributed by atoms with E-state index >= 15 is 0 Å². The quantitative estimate of drug-likeness (QED) is 0.513. The first-order valence-corrected chi connectivity index (χ1v) is 13.0. The third-order valence-corrected chi connectivity index (χ3v) is 9.28. The van der Waals surface area contributed by atoms with Gasteiger partial charge in [0.05, 0.1) is 5.92 Å². The van der Waals surface area contributed by atoms with Crippen molar-refractivity contribution < 1.29 is 23.9 Å². The van der Waals surface area contributed by atoms with E-state index in [0.29, 0.717) is 41.3 Å². The molecule has 0 aromatic heterocycles. The van der Waals surface area contributed by atoms with Gasteiger partial charge in [0.1, 0.15) is 11.0 Å². The molecule has 0 bridgehead atoms. The number of aryl methyl sites for hydroxylation is 1. The van der Waals surface area contributed by atoms with Crippen molar-refractivity contribution in [3.8, 4) is 11.5 Å². The number of nitrogens with zero attached hydrogens (tertiary/aromatic N) is 1. The summed E-state index contributed by atoms with van der Waals surface area (Å²) in [5, 5.41) is 6.21. The molecule has 0 aliphatic carbocycles. The highest BCUT2D eigenvalue weighted by molar-refractivity contribution is 6.21. The first kappa shape index (κ1) is 21.9. The fourth-order valence-electron chi connectivity index (χ4n) is 7.98. The number of hydrogen-bond acceptors (Lipinski definition) is 6. The molecular weight excluding hydrogens is 482 g/mol. The second-order valence-corrected chi connectivity index (χ2v) is 10.8. The Morgan fingerprint density at radius 3 is 2.66 bits per heavy atom. The average Bonchev–Trinajstić information content (AvgIpc) is 3.71. The lowest BCUT2D eigenvalue weighted by atomic mass is 9.57. The molecule has 8 heteroatoms. The molecule has 3 aromatic rings. The largest absolute Gasteiger partial charge is 0.454 e. The summed E-state index contributed by atoms with van der Waals surface area (Å²) < 4.78 is 11.0. The van der Waals surface area contributed by atoms with Crippen molar-refractivity contribution in [3.63, 3.8) is 0 Å². The summed E-state index contributed by atoms with van der Waals surface area (Å²) in [6.07, 6.45) is 1.56. The molecule has 8 rings (SSSR count). The maximum Gasteiger partial charge on any atom is 0.251 e. The zero-order chi connectivity index (χ0) is 25.8. The summed E-state index contributed by atoms with van der Waals surface area (Å²) >= 11 is 0. The molecule has 5 aliphatic heterocycles. The van der Waals surface area contributed by atoms with Crippen LogP contribution in [0.2, 0.25) is 0 Å². The van der Waals surface area contributed by atoms with Crippen LogP contribution in [0.25, 0.3) is 0 Å². The van der Waals surface area contributed by atoms with Crippen molar-refractivity contribution in [2.75, 3.05) is 24.0 Å². The van der Waals surface area contributed by atoms with Gasteiger partial charge in [-0.1, -0.05) is 36.4 Å². The summed E-state index contributed by atoms with van der Waals surface area (Å²) in [5.41, 5.74) is 1.41. The number of anilines is 2. The molecule has 2 fully saturated rings. The van der Waals surface area contributed by atoms with Crippen LogP contribution in [0, 0.1) is 12.8 Å². The molecule has 190 valence electrons. The predicted octanol–water partition coefficient (Wildman–Crippen LogP) is 3.74. The average molecular weight is 508 g/mol. The van der Waals surface area contributed by atoms with E-state index in [-0.39, 0.29) is 30.4 Å². The van der Waals surface area contributed by atoms with Gasteiger partial charge in [-0.2, -0.15) is 0 Å². The summed E-state index contributed by atoms with van der Waals surface area (Å²) in [7, 11) is 0. The Morgan fingerprint density at radius 1 is 0.947 bits per heavy atom. The van der Waals surface area contributed by atoms with Gasteiger partial charge in [-0.15, -0.1) is 0 Å². The van der Waals surface area contributed by atoms with Crippen molar-refractivity contribution in [2.24, 2.45) is 5.92 Å². The third kappa shape index (κ3) is 2.29. The van der Waals surface area contributed by atoms with Crippen molar-refractivity contribution >= 4 is 29.0 Å². The van der Waals surface area contributed by atoms with Crippen LogP contribution in [0.4, 0.5) is 11.4 Å². The zero-order valence-electron chi connectivity index (χ0n) is 20.7. The summed E-state index contributed by atoms with van der Waals surface area (Å²) in [4.78, 5) is 45.8. The van der Waals surface area contributed by atoms with E-state index < -0.39 is 16.9 Å². The fourth-order valence-corrected chi connectivity index (χ4v) is 7.98. The van der Waals surface area contributed by atoms with E-state index in [1.54, 1.807) is 18.2 Å². The Morgan fingerprint density at radius 2 is 1.76 bits per heavy atom. The van der Waals surface area contributed by atoms with Crippen molar-refractivity contribution in [2.45, 2.75) is 36.8 Å².